The molecule has 6 N–H and O–H groups in total. The SMILES string of the molecule is NC[C@@H](N)c1ccc(C(N)=O)cc1. The van der Waals surface area contributed by atoms with E-state index in [9.17, 15) is 4.79 Å². The molecule has 0 fully saturated rings. The number of hydrogen-bond donors (Lipinski definition) is 3. The van der Waals surface area contributed by atoms with Crippen LogP contribution in [0.2, 0.25) is 0 Å². The van der Waals surface area contributed by atoms with Crippen LogP contribution in [0.1, 0.15) is 22.0 Å². The molecule has 0 spiro atoms. The van der Waals surface area contributed by atoms with Crippen molar-refractivity contribution in [1.82, 2.24) is 0 Å². The predicted molar refractivity (Wildman–Crippen MR) is 50.9 cm³/mol. The molecule has 0 aliphatic carbocycles. The average Bonchev–Trinajstić information content (AvgIpc) is 2.17. The molecule has 1 rings (SSSR count). The summed E-state index contributed by atoms with van der Waals surface area (Å²) in [4.78, 5) is 10.7. The van der Waals surface area contributed by atoms with Gasteiger partial charge in [-0.25, -0.2) is 0 Å². The van der Waals surface area contributed by atoms with Crippen molar-refractivity contribution in [2.75, 3.05) is 6.54 Å². The van der Waals surface area contributed by atoms with Crippen LogP contribution in [0, 0.1) is 0 Å². The van der Waals surface area contributed by atoms with Gasteiger partial charge in [0.1, 0.15) is 0 Å². The maximum atomic E-state index is 10.7. The van der Waals surface area contributed by atoms with Crippen molar-refractivity contribution in [3.8, 4) is 0 Å². The minimum atomic E-state index is -0.437. The van der Waals surface area contributed by atoms with Crippen LogP contribution in [0.5, 0.6) is 0 Å². The Bertz CT molecular complexity index is 294. The fourth-order valence-corrected chi connectivity index (χ4v) is 1.03. The van der Waals surface area contributed by atoms with Crippen molar-refractivity contribution in [2.45, 2.75) is 6.04 Å². The van der Waals surface area contributed by atoms with Crippen molar-refractivity contribution in [3.63, 3.8) is 0 Å². The molecule has 0 bridgehead atoms. The standard InChI is InChI=1S/C9H13N3O/c10-5-8(11)6-1-3-7(4-2-6)9(12)13/h1-4,8H,5,10-11H2,(H2,12,13)/t8-/m1/s1. The van der Waals surface area contributed by atoms with Gasteiger partial charge < -0.3 is 17.2 Å². The van der Waals surface area contributed by atoms with E-state index in [1.54, 1.807) is 24.3 Å². The molecular formula is C9H13N3O. The fraction of sp³-hybridized carbons (Fsp3) is 0.222. The van der Waals surface area contributed by atoms with Crippen molar-refractivity contribution >= 4 is 5.91 Å². The van der Waals surface area contributed by atoms with Crippen molar-refractivity contribution in [2.24, 2.45) is 17.2 Å². The Balaban J connectivity index is 2.87. The number of primary amides is 1. The smallest absolute Gasteiger partial charge is 0.248 e. The minimum absolute atomic E-state index is 0.179. The van der Waals surface area contributed by atoms with Gasteiger partial charge in [-0.3, -0.25) is 4.79 Å². The molecule has 0 saturated carbocycles. The molecular weight excluding hydrogens is 166 g/mol. The second kappa shape index (κ2) is 4.02. The van der Waals surface area contributed by atoms with Gasteiger partial charge >= 0.3 is 0 Å². The number of carbonyl (C=O) groups excluding carboxylic acids is 1. The van der Waals surface area contributed by atoms with E-state index in [1.165, 1.54) is 0 Å². The highest BCUT2D eigenvalue weighted by Gasteiger charge is 2.04. The van der Waals surface area contributed by atoms with Gasteiger partial charge in [0, 0.05) is 18.2 Å². The highest BCUT2D eigenvalue weighted by atomic mass is 16.1. The van der Waals surface area contributed by atoms with Crippen LogP contribution in [0.15, 0.2) is 24.3 Å². The Labute approximate surface area is 76.7 Å². The molecule has 0 radical (unpaired) electrons. The van der Waals surface area contributed by atoms with E-state index < -0.39 is 5.91 Å². The molecule has 4 nitrogen and oxygen atoms in total. The lowest BCUT2D eigenvalue weighted by atomic mass is 10.1. The number of benzene rings is 1. The largest absolute Gasteiger partial charge is 0.366 e. The van der Waals surface area contributed by atoms with E-state index >= 15 is 0 Å². The summed E-state index contributed by atoms with van der Waals surface area (Å²) in [6.45, 7) is 0.385. The summed E-state index contributed by atoms with van der Waals surface area (Å²) in [5.41, 5.74) is 17.5. The third-order valence-electron chi connectivity index (χ3n) is 1.88. The molecule has 1 aromatic rings. The predicted octanol–water partition coefficient (Wildman–Crippen LogP) is -0.256. The molecule has 0 aliphatic heterocycles. The number of rotatable bonds is 3. The number of hydrogen-bond acceptors (Lipinski definition) is 3. The molecule has 1 amide bonds. The molecule has 70 valence electrons. The summed E-state index contributed by atoms with van der Waals surface area (Å²) >= 11 is 0. The van der Waals surface area contributed by atoms with E-state index in [0.717, 1.165) is 5.56 Å². The maximum absolute atomic E-state index is 10.7. The van der Waals surface area contributed by atoms with E-state index in [2.05, 4.69) is 0 Å². The Morgan fingerprint density at radius 2 is 1.85 bits per heavy atom. The van der Waals surface area contributed by atoms with Gasteiger partial charge in [0.2, 0.25) is 5.91 Å². The lowest BCUT2D eigenvalue weighted by Crippen LogP contribution is -2.20. The second-order valence-electron chi connectivity index (χ2n) is 2.83. The normalized spacial score (nSPS) is 12.5. The highest BCUT2D eigenvalue weighted by molar-refractivity contribution is 5.92. The molecule has 1 atom stereocenters. The topological polar surface area (TPSA) is 95.1 Å². The lowest BCUT2D eigenvalue weighted by Gasteiger charge is -2.08. The first-order valence-corrected chi connectivity index (χ1v) is 4.00. The summed E-state index contributed by atoms with van der Waals surface area (Å²) in [5, 5.41) is 0. The zero-order valence-corrected chi connectivity index (χ0v) is 7.23. The first kappa shape index (κ1) is 9.70. The second-order valence-corrected chi connectivity index (χ2v) is 2.83. The first-order chi connectivity index (χ1) is 6.15. The van der Waals surface area contributed by atoms with E-state index in [1.807, 2.05) is 0 Å². The van der Waals surface area contributed by atoms with Gasteiger partial charge in [-0.1, -0.05) is 12.1 Å². The number of amides is 1. The van der Waals surface area contributed by atoms with Crippen molar-refractivity contribution < 1.29 is 4.79 Å². The van der Waals surface area contributed by atoms with Gasteiger partial charge in [0.15, 0.2) is 0 Å². The zero-order chi connectivity index (χ0) is 9.84. The first-order valence-electron chi connectivity index (χ1n) is 4.00. The van der Waals surface area contributed by atoms with Gasteiger partial charge in [-0.2, -0.15) is 0 Å². The van der Waals surface area contributed by atoms with Crippen LogP contribution in [0.3, 0.4) is 0 Å². The number of carbonyl (C=O) groups is 1. The highest BCUT2D eigenvalue weighted by Crippen LogP contribution is 2.09. The number of nitrogens with two attached hydrogens (primary N) is 3. The summed E-state index contributed by atoms with van der Waals surface area (Å²) in [6, 6.07) is 6.64. The molecule has 0 saturated heterocycles. The molecule has 0 heterocycles. The summed E-state index contributed by atoms with van der Waals surface area (Å²) in [6.07, 6.45) is 0. The van der Waals surface area contributed by atoms with Crippen LogP contribution in [-0.4, -0.2) is 12.5 Å². The third-order valence-corrected chi connectivity index (χ3v) is 1.88. The van der Waals surface area contributed by atoms with Crippen LogP contribution in [-0.2, 0) is 0 Å². The summed E-state index contributed by atoms with van der Waals surface area (Å²) < 4.78 is 0. The van der Waals surface area contributed by atoms with E-state index in [0.29, 0.717) is 12.1 Å². The fourth-order valence-electron chi connectivity index (χ4n) is 1.03. The van der Waals surface area contributed by atoms with Crippen LogP contribution < -0.4 is 17.2 Å². The Morgan fingerprint density at radius 3 is 2.23 bits per heavy atom. The van der Waals surface area contributed by atoms with E-state index in [-0.39, 0.29) is 6.04 Å². The molecule has 13 heavy (non-hydrogen) atoms. The average molecular weight is 179 g/mol. The lowest BCUT2D eigenvalue weighted by molar-refractivity contribution is 0.100. The Morgan fingerprint density at radius 1 is 1.31 bits per heavy atom. The van der Waals surface area contributed by atoms with Gasteiger partial charge in [0.25, 0.3) is 0 Å². The maximum Gasteiger partial charge on any atom is 0.248 e. The summed E-state index contributed by atoms with van der Waals surface area (Å²) in [5.74, 6) is -0.437. The van der Waals surface area contributed by atoms with Crippen molar-refractivity contribution in [1.29, 1.82) is 0 Å². The van der Waals surface area contributed by atoms with Gasteiger partial charge in [-0.15, -0.1) is 0 Å². The molecule has 1 aromatic carbocycles. The minimum Gasteiger partial charge on any atom is -0.366 e. The van der Waals surface area contributed by atoms with Crippen LogP contribution in [0.25, 0.3) is 0 Å². The van der Waals surface area contributed by atoms with Crippen LogP contribution >= 0.6 is 0 Å². The zero-order valence-electron chi connectivity index (χ0n) is 7.23. The van der Waals surface area contributed by atoms with Crippen LogP contribution in [0.4, 0.5) is 0 Å². The quantitative estimate of drug-likeness (QED) is 0.596. The molecule has 0 unspecified atom stereocenters. The van der Waals surface area contributed by atoms with Gasteiger partial charge in [0.05, 0.1) is 0 Å². The summed E-state index contributed by atoms with van der Waals surface area (Å²) in [7, 11) is 0. The van der Waals surface area contributed by atoms with E-state index in [4.69, 9.17) is 17.2 Å². The Hall–Kier alpha value is -1.39. The molecule has 0 aromatic heterocycles. The van der Waals surface area contributed by atoms with Gasteiger partial charge in [-0.05, 0) is 17.7 Å². The third kappa shape index (κ3) is 2.27. The molecule has 4 heteroatoms. The Kier molecular flexibility index (Phi) is 3.00. The van der Waals surface area contributed by atoms with Crippen molar-refractivity contribution in [3.05, 3.63) is 35.4 Å². The molecule has 0 aliphatic rings. The monoisotopic (exact) mass is 179 g/mol.